The van der Waals surface area contributed by atoms with E-state index in [9.17, 15) is 18.0 Å². The molecule has 2 saturated heterocycles. The van der Waals surface area contributed by atoms with E-state index >= 15 is 0 Å². The van der Waals surface area contributed by atoms with Crippen molar-refractivity contribution in [3.63, 3.8) is 0 Å². The fraction of sp³-hybridized carbons (Fsp3) is 0.500. The van der Waals surface area contributed by atoms with Gasteiger partial charge in [-0.15, -0.1) is 11.3 Å². The summed E-state index contributed by atoms with van der Waals surface area (Å²) in [6.07, 6.45) is 2.35. The smallest absolute Gasteiger partial charge is 0.262 e. The molecule has 0 radical (unpaired) electrons. The van der Waals surface area contributed by atoms with Crippen LogP contribution in [0.25, 0.3) is 10.1 Å². The highest BCUT2D eigenvalue weighted by molar-refractivity contribution is 7.89. The Balaban J connectivity index is 1.09. The van der Waals surface area contributed by atoms with E-state index in [1.54, 1.807) is 12.1 Å². The topological polar surface area (TPSA) is 120 Å². The highest BCUT2D eigenvalue weighted by Crippen LogP contribution is 2.31. The molecular weight excluding hydrogens is 634 g/mol. The second-order valence-electron chi connectivity index (χ2n) is 12.0. The molecule has 10 nitrogen and oxygen atoms in total. The minimum absolute atomic E-state index is 0.0658. The summed E-state index contributed by atoms with van der Waals surface area (Å²) in [6.45, 7) is 8.53. The van der Waals surface area contributed by atoms with Crippen molar-refractivity contribution in [3.8, 4) is 5.75 Å². The van der Waals surface area contributed by atoms with Gasteiger partial charge in [-0.25, -0.2) is 8.42 Å². The van der Waals surface area contributed by atoms with Crippen LogP contribution in [0.2, 0.25) is 5.02 Å². The molecule has 2 amide bonds. The van der Waals surface area contributed by atoms with Crippen molar-refractivity contribution in [1.29, 1.82) is 0 Å². The SMILES string of the molecule is CC(C)C[C@H](NC(=O)c1cc2ccccc2s1)C(=O)NCCN1CCN(S(=O)(=O)c2ccc(OC3CCNCC3)c(Cl)c2)CC1. The molecule has 0 bridgehead atoms. The standard InChI is InChI=1S/C32H42ClN5O5S2/c1-22(2)19-27(36-32(40)30-20-23-5-3-4-6-29(23)44-30)31(39)35-13-14-37-15-17-38(18-16-37)45(41,42)25-7-8-28(26(33)21-25)43-24-9-11-34-12-10-24/h3-8,20-22,24,27,34H,9-19H2,1-2H3,(H,35,39)(H,36,40)/t27-/m0/s1. The maximum Gasteiger partial charge on any atom is 0.262 e. The normalized spacial score (nSPS) is 17.8. The number of nitrogens with one attached hydrogen (secondary N) is 3. The van der Waals surface area contributed by atoms with Crippen molar-refractivity contribution >= 4 is 54.9 Å². The first-order valence-corrected chi connectivity index (χ1v) is 18.2. The first-order valence-electron chi connectivity index (χ1n) is 15.6. The number of thiophene rings is 1. The number of hydrogen-bond donors (Lipinski definition) is 3. The largest absolute Gasteiger partial charge is 0.489 e. The molecule has 1 aromatic heterocycles. The lowest BCUT2D eigenvalue weighted by Crippen LogP contribution is -2.52. The molecule has 2 aliphatic heterocycles. The summed E-state index contributed by atoms with van der Waals surface area (Å²) in [4.78, 5) is 29.0. The Hall–Kier alpha value is -2.74. The summed E-state index contributed by atoms with van der Waals surface area (Å²) in [5, 5.41) is 10.5. The highest BCUT2D eigenvalue weighted by Gasteiger charge is 2.30. The number of sulfonamides is 1. The molecule has 3 aromatic rings. The van der Waals surface area contributed by atoms with Crippen molar-refractivity contribution in [2.24, 2.45) is 5.92 Å². The van der Waals surface area contributed by atoms with Gasteiger partial charge in [0.1, 0.15) is 17.9 Å². The van der Waals surface area contributed by atoms with Crippen LogP contribution in [0, 0.1) is 5.92 Å². The Kier molecular flexibility index (Phi) is 11.4. The molecule has 0 unspecified atom stereocenters. The number of hydrogen-bond acceptors (Lipinski definition) is 8. The van der Waals surface area contributed by atoms with Crippen LogP contribution in [-0.2, 0) is 14.8 Å². The third-order valence-corrected chi connectivity index (χ3v) is 11.5. The molecule has 3 heterocycles. The number of nitrogens with zero attached hydrogens (tertiary/aromatic N) is 2. The molecular formula is C32H42ClN5O5S2. The van der Waals surface area contributed by atoms with Crippen LogP contribution in [0.5, 0.6) is 5.75 Å². The fourth-order valence-electron chi connectivity index (χ4n) is 5.66. The number of piperidine rings is 1. The van der Waals surface area contributed by atoms with Gasteiger partial charge < -0.3 is 20.7 Å². The van der Waals surface area contributed by atoms with Crippen molar-refractivity contribution in [1.82, 2.24) is 25.2 Å². The zero-order chi connectivity index (χ0) is 32.0. The highest BCUT2D eigenvalue weighted by atomic mass is 35.5. The molecule has 0 saturated carbocycles. The van der Waals surface area contributed by atoms with E-state index in [0.717, 1.165) is 36.0 Å². The summed E-state index contributed by atoms with van der Waals surface area (Å²) < 4.78 is 35.2. The van der Waals surface area contributed by atoms with Gasteiger partial charge in [0.2, 0.25) is 15.9 Å². The van der Waals surface area contributed by atoms with Crippen LogP contribution in [0.15, 0.2) is 53.4 Å². The molecule has 2 aromatic carbocycles. The lowest BCUT2D eigenvalue weighted by molar-refractivity contribution is -0.123. The molecule has 5 rings (SSSR count). The monoisotopic (exact) mass is 675 g/mol. The first kappa shape index (κ1) is 33.6. The predicted octanol–water partition coefficient (Wildman–Crippen LogP) is 3.95. The Morgan fingerprint density at radius 1 is 1.07 bits per heavy atom. The zero-order valence-corrected chi connectivity index (χ0v) is 28.1. The number of fused-ring (bicyclic) bond motifs is 1. The number of rotatable bonds is 12. The van der Waals surface area contributed by atoms with Gasteiger partial charge in [-0.1, -0.05) is 43.6 Å². The van der Waals surface area contributed by atoms with Gasteiger partial charge in [-0.3, -0.25) is 14.5 Å². The van der Waals surface area contributed by atoms with Crippen molar-refractivity contribution in [3.05, 3.63) is 58.4 Å². The molecule has 13 heteroatoms. The van der Waals surface area contributed by atoms with Gasteiger partial charge in [-0.2, -0.15) is 4.31 Å². The average Bonchev–Trinajstić information content (AvgIpc) is 3.47. The Labute approximate surface area is 274 Å². The summed E-state index contributed by atoms with van der Waals surface area (Å²) in [5.74, 6) is 0.250. The van der Waals surface area contributed by atoms with Gasteiger partial charge in [-0.05, 0) is 74.0 Å². The molecule has 45 heavy (non-hydrogen) atoms. The van der Waals surface area contributed by atoms with E-state index in [2.05, 4.69) is 20.9 Å². The van der Waals surface area contributed by atoms with E-state index in [0.29, 0.717) is 61.3 Å². The molecule has 2 fully saturated rings. The minimum Gasteiger partial charge on any atom is -0.489 e. The summed E-state index contributed by atoms with van der Waals surface area (Å²) in [5.41, 5.74) is 0. The second-order valence-corrected chi connectivity index (χ2v) is 15.4. The van der Waals surface area contributed by atoms with Gasteiger partial charge in [0.05, 0.1) is 14.8 Å². The number of ether oxygens (including phenoxy) is 1. The molecule has 1 atom stereocenters. The van der Waals surface area contributed by atoms with Gasteiger partial charge in [0, 0.05) is 44.0 Å². The van der Waals surface area contributed by atoms with E-state index in [-0.39, 0.29) is 28.7 Å². The lowest BCUT2D eigenvalue weighted by Gasteiger charge is -2.34. The van der Waals surface area contributed by atoms with Crippen molar-refractivity contribution in [2.45, 2.75) is 50.2 Å². The number of benzene rings is 2. The minimum atomic E-state index is -3.71. The quantitative estimate of drug-likeness (QED) is 0.266. The van der Waals surface area contributed by atoms with E-state index < -0.39 is 16.1 Å². The predicted molar refractivity (Wildman–Crippen MR) is 179 cm³/mol. The van der Waals surface area contributed by atoms with Crippen LogP contribution in [0.1, 0.15) is 42.8 Å². The third-order valence-electron chi connectivity index (χ3n) is 8.16. The van der Waals surface area contributed by atoms with E-state index in [1.807, 2.05) is 44.2 Å². The lowest BCUT2D eigenvalue weighted by atomic mass is 10.0. The van der Waals surface area contributed by atoms with Crippen LogP contribution >= 0.6 is 22.9 Å². The van der Waals surface area contributed by atoms with Crippen LogP contribution < -0.4 is 20.7 Å². The van der Waals surface area contributed by atoms with Gasteiger partial charge in [0.25, 0.3) is 5.91 Å². The number of carbonyl (C=O) groups is 2. The maximum absolute atomic E-state index is 13.4. The Morgan fingerprint density at radius 3 is 2.49 bits per heavy atom. The molecule has 0 spiro atoms. The molecule has 2 aliphatic rings. The fourth-order valence-corrected chi connectivity index (χ4v) is 8.36. The summed E-state index contributed by atoms with van der Waals surface area (Å²) in [7, 11) is -3.71. The van der Waals surface area contributed by atoms with Crippen molar-refractivity contribution in [2.75, 3.05) is 52.4 Å². The first-order chi connectivity index (χ1) is 21.6. The number of amides is 2. The van der Waals surface area contributed by atoms with Crippen molar-refractivity contribution < 1.29 is 22.7 Å². The van der Waals surface area contributed by atoms with E-state index in [1.165, 1.54) is 21.7 Å². The second kappa shape index (κ2) is 15.2. The van der Waals surface area contributed by atoms with Gasteiger partial charge >= 0.3 is 0 Å². The number of halogens is 1. The van der Waals surface area contributed by atoms with E-state index in [4.69, 9.17) is 16.3 Å². The summed E-state index contributed by atoms with van der Waals surface area (Å²) in [6, 6.07) is 13.7. The van der Waals surface area contributed by atoms with Crippen LogP contribution in [-0.4, -0.2) is 93.9 Å². The van der Waals surface area contributed by atoms with Crippen LogP contribution in [0.4, 0.5) is 0 Å². The average molecular weight is 676 g/mol. The zero-order valence-electron chi connectivity index (χ0n) is 25.8. The number of carbonyl (C=O) groups excluding carboxylic acids is 2. The summed E-state index contributed by atoms with van der Waals surface area (Å²) >= 11 is 7.85. The third kappa shape index (κ3) is 8.75. The maximum atomic E-state index is 13.4. The van der Waals surface area contributed by atoms with Gasteiger partial charge in [0.15, 0.2) is 0 Å². The molecule has 0 aliphatic carbocycles. The Bertz CT molecular complexity index is 1550. The van der Waals surface area contributed by atoms with Crippen LogP contribution in [0.3, 0.4) is 0 Å². The molecule has 3 N–H and O–H groups in total. The molecule has 244 valence electrons. The number of piperazine rings is 1. The Morgan fingerprint density at radius 2 is 1.80 bits per heavy atom.